The van der Waals surface area contributed by atoms with Gasteiger partial charge in [0, 0.05) is 12.2 Å². The number of rotatable bonds is 3. The van der Waals surface area contributed by atoms with E-state index in [4.69, 9.17) is 0 Å². The van der Waals surface area contributed by atoms with Gasteiger partial charge in [-0.25, -0.2) is 9.37 Å². The molecule has 1 aliphatic carbocycles. The summed E-state index contributed by atoms with van der Waals surface area (Å²) in [6.45, 7) is 2.20. The Balaban J connectivity index is 1.82. The van der Waals surface area contributed by atoms with Gasteiger partial charge in [-0.2, -0.15) is 5.26 Å². The Hall–Kier alpha value is -2.41. The molecule has 112 valence electrons. The van der Waals surface area contributed by atoms with Gasteiger partial charge in [-0.15, -0.1) is 0 Å². The SMILES string of the molecule is Cc1ccc(CNc2nc3c(cc2C#N)CCCC3)cc1F. The smallest absolute Gasteiger partial charge is 0.144 e. The summed E-state index contributed by atoms with van der Waals surface area (Å²) in [5.41, 5.74) is 4.31. The van der Waals surface area contributed by atoms with Crippen molar-refractivity contribution in [2.24, 2.45) is 0 Å². The molecule has 0 saturated heterocycles. The number of nitrogens with one attached hydrogen (secondary N) is 1. The predicted molar refractivity (Wildman–Crippen MR) is 84.1 cm³/mol. The summed E-state index contributed by atoms with van der Waals surface area (Å²) in [6, 6.07) is 9.31. The van der Waals surface area contributed by atoms with E-state index in [1.54, 1.807) is 13.0 Å². The molecule has 3 nitrogen and oxygen atoms in total. The number of pyridine rings is 1. The number of nitriles is 1. The van der Waals surface area contributed by atoms with Crippen molar-refractivity contribution in [3.63, 3.8) is 0 Å². The number of halogens is 1. The maximum atomic E-state index is 13.6. The van der Waals surface area contributed by atoms with Crippen LogP contribution in [0, 0.1) is 24.1 Å². The fourth-order valence-corrected chi connectivity index (χ4v) is 2.79. The lowest BCUT2D eigenvalue weighted by Gasteiger charge is -2.17. The molecule has 1 aliphatic rings. The van der Waals surface area contributed by atoms with E-state index in [1.807, 2.05) is 12.1 Å². The normalized spacial score (nSPS) is 13.3. The van der Waals surface area contributed by atoms with Crippen LogP contribution < -0.4 is 5.32 Å². The lowest BCUT2D eigenvalue weighted by molar-refractivity contribution is 0.616. The second-order valence-electron chi connectivity index (χ2n) is 5.75. The van der Waals surface area contributed by atoms with Crippen molar-refractivity contribution in [2.75, 3.05) is 5.32 Å². The summed E-state index contributed by atoms with van der Waals surface area (Å²) in [4.78, 5) is 4.61. The van der Waals surface area contributed by atoms with Gasteiger partial charge in [0.05, 0.1) is 5.56 Å². The van der Waals surface area contributed by atoms with Crippen LogP contribution in [0.3, 0.4) is 0 Å². The maximum Gasteiger partial charge on any atom is 0.144 e. The van der Waals surface area contributed by atoms with E-state index >= 15 is 0 Å². The first-order chi connectivity index (χ1) is 10.7. The molecule has 0 spiro atoms. The number of benzene rings is 1. The van der Waals surface area contributed by atoms with Gasteiger partial charge in [-0.1, -0.05) is 12.1 Å². The summed E-state index contributed by atoms with van der Waals surface area (Å²) >= 11 is 0. The Morgan fingerprint density at radius 1 is 1.27 bits per heavy atom. The third-order valence-corrected chi connectivity index (χ3v) is 4.12. The van der Waals surface area contributed by atoms with Gasteiger partial charge < -0.3 is 5.32 Å². The summed E-state index contributed by atoms with van der Waals surface area (Å²) in [5, 5.41) is 12.5. The standard InChI is InChI=1S/C18H18FN3/c1-12-6-7-13(8-16(12)19)11-21-18-15(10-20)9-14-4-2-3-5-17(14)22-18/h6-9H,2-5,11H2,1H3,(H,21,22). The Bertz CT molecular complexity index is 747. The molecule has 0 amide bonds. The van der Waals surface area contributed by atoms with E-state index in [1.165, 1.54) is 11.6 Å². The quantitative estimate of drug-likeness (QED) is 0.934. The second kappa shape index (κ2) is 6.15. The number of anilines is 1. The van der Waals surface area contributed by atoms with Crippen molar-refractivity contribution in [3.05, 3.63) is 58.0 Å². The molecular formula is C18H18FN3. The summed E-state index contributed by atoms with van der Waals surface area (Å²) < 4.78 is 13.6. The summed E-state index contributed by atoms with van der Waals surface area (Å²) in [5.74, 6) is 0.391. The number of hydrogen-bond donors (Lipinski definition) is 1. The van der Waals surface area contributed by atoms with E-state index in [2.05, 4.69) is 16.4 Å². The third-order valence-electron chi connectivity index (χ3n) is 4.12. The lowest BCUT2D eigenvalue weighted by Crippen LogP contribution is -2.11. The topological polar surface area (TPSA) is 48.7 Å². The van der Waals surface area contributed by atoms with E-state index in [0.29, 0.717) is 23.5 Å². The van der Waals surface area contributed by atoms with Crippen molar-refractivity contribution in [1.29, 1.82) is 5.26 Å². The highest BCUT2D eigenvalue weighted by Gasteiger charge is 2.15. The molecule has 0 fully saturated rings. The molecule has 0 bridgehead atoms. The number of aromatic nitrogens is 1. The first-order valence-electron chi connectivity index (χ1n) is 7.59. The van der Waals surface area contributed by atoms with Crippen LogP contribution >= 0.6 is 0 Å². The van der Waals surface area contributed by atoms with Crippen molar-refractivity contribution in [2.45, 2.75) is 39.2 Å². The molecule has 0 unspecified atom stereocenters. The van der Waals surface area contributed by atoms with Crippen molar-refractivity contribution < 1.29 is 4.39 Å². The summed E-state index contributed by atoms with van der Waals surface area (Å²) in [6.07, 6.45) is 4.28. The first-order valence-corrected chi connectivity index (χ1v) is 7.59. The lowest BCUT2D eigenvalue weighted by atomic mass is 9.95. The summed E-state index contributed by atoms with van der Waals surface area (Å²) in [7, 11) is 0. The van der Waals surface area contributed by atoms with E-state index in [9.17, 15) is 9.65 Å². The molecule has 0 aliphatic heterocycles. The molecule has 1 heterocycles. The zero-order chi connectivity index (χ0) is 15.5. The van der Waals surface area contributed by atoms with Crippen molar-refractivity contribution in [3.8, 4) is 6.07 Å². The van der Waals surface area contributed by atoms with Crippen LogP contribution in [0.1, 0.15) is 40.8 Å². The molecule has 22 heavy (non-hydrogen) atoms. The Kier molecular flexibility index (Phi) is 4.06. The average molecular weight is 295 g/mol. The highest BCUT2D eigenvalue weighted by Crippen LogP contribution is 2.24. The predicted octanol–water partition coefficient (Wildman–Crippen LogP) is 3.89. The number of nitrogens with zero attached hydrogens (tertiary/aromatic N) is 2. The van der Waals surface area contributed by atoms with Crippen LogP contribution in [-0.2, 0) is 19.4 Å². The molecule has 2 aromatic rings. The van der Waals surface area contributed by atoms with Gasteiger partial charge in [0.1, 0.15) is 17.7 Å². The molecule has 1 N–H and O–H groups in total. The van der Waals surface area contributed by atoms with Gasteiger partial charge >= 0.3 is 0 Å². The molecule has 4 heteroatoms. The van der Waals surface area contributed by atoms with E-state index in [-0.39, 0.29) is 5.82 Å². The van der Waals surface area contributed by atoms with E-state index < -0.39 is 0 Å². The Morgan fingerprint density at radius 3 is 2.86 bits per heavy atom. The monoisotopic (exact) mass is 295 g/mol. The van der Waals surface area contributed by atoms with Crippen LogP contribution in [0.25, 0.3) is 0 Å². The molecule has 3 rings (SSSR count). The molecule has 0 radical (unpaired) electrons. The minimum absolute atomic E-state index is 0.210. The van der Waals surface area contributed by atoms with Crippen LogP contribution in [0.4, 0.5) is 10.2 Å². The zero-order valence-corrected chi connectivity index (χ0v) is 12.6. The van der Waals surface area contributed by atoms with Crippen molar-refractivity contribution in [1.82, 2.24) is 4.98 Å². The third kappa shape index (κ3) is 2.94. The number of hydrogen-bond acceptors (Lipinski definition) is 3. The highest BCUT2D eigenvalue weighted by atomic mass is 19.1. The van der Waals surface area contributed by atoms with Crippen LogP contribution in [0.15, 0.2) is 24.3 Å². The Morgan fingerprint density at radius 2 is 2.09 bits per heavy atom. The van der Waals surface area contributed by atoms with Gasteiger partial charge in [0.25, 0.3) is 0 Å². The maximum absolute atomic E-state index is 13.6. The van der Waals surface area contributed by atoms with Crippen LogP contribution in [-0.4, -0.2) is 4.98 Å². The average Bonchev–Trinajstić information content (AvgIpc) is 2.55. The minimum Gasteiger partial charge on any atom is -0.365 e. The fourth-order valence-electron chi connectivity index (χ4n) is 2.79. The van der Waals surface area contributed by atoms with Crippen molar-refractivity contribution >= 4 is 5.82 Å². The molecule has 1 aromatic carbocycles. The largest absolute Gasteiger partial charge is 0.365 e. The fraction of sp³-hybridized carbons (Fsp3) is 0.333. The molecule has 1 aromatic heterocycles. The van der Waals surface area contributed by atoms with Gasteiger partial charge in [-0.3, -0.25) is 0 Å². The highest BCUT2D eigenvalue weighted by molar-refractivity contribution is 5.55. The van der Waals surface area contributed by atoms with Gasteiger partial charge in [0.2, 0.25) is 0 Å². The van der Waals surface area contributed by atoms with Crippen LogP contribution in [0.5, 0.6) is 0 Å². The number of fused-ring (bicyclic) bond motifs is 1. The first kappa shape index (κ1) is 14.5. The minimum atomic E-state index is -0.210. The molecule has 0 saturated carbocycles. The second-order valence-corrected chi connectivity index (χ2v) is 5.75. The van der Waals surface area contributed by atoms with E-state index in [0.717, 1.165) is 36.9 Å². The van der Waals surface area contributed by atoms with Gasteiger partial charge in [0.15, 0.2) is 0 Å². The zero-order valence-electron chi connectivity index (χ0n) is 12.6. The van der Waals surface area contributed by atoms with Gasteiger partial charge in [-0.05, 0) is 61.4 Å². The van der Waals surface area contributed by atoms with Crippen LogP contribution in [0.2, 0.25) is 0 Å². The molecule has 0 atom stereocenters. The molecular weight excluding hydrogens is 277 g/mol. The number of aryl methyl sites for hydroxylation is 3. The Labute approximate surface area is 129 Å².